The van der Waals surface area contributed by atoms with Gasteiger partial charge in [-0.15, -0.1) is 0 Å². The van der Waals surface area contributed by atoms with Crippen LogP contribution in [-0.2, 0) is 9.53 Å². The van der Waals surface area contributed by atoms with E-state index in [-0.39, 0.29) is 11.9 Å². The molecule has 0 N–H and O–H groups in total. The minimum Gasteiger partial charge on any atom is -0.378 e. The first kappa shape index (κ1) is 13.4. The molecule has 0 bridgehead atoms. The number of pyridine rings is 1. The molecule has 3 heterocycles. The van der Waals surface area contributed by atoms with Crippen molar-refractivity contribution in [2.75, 3.05) is 37.7 Å². The second-order valence-electron chi connectivity index (χ2n) is 5.42. The molecule has 2 saturated heterocycles. The number of carbonyl (C=O) groups excluding carboxylic acids is 1. The van der Waals surface area contributed by atoms with Gasteiger partial charge in [-0.1, -0.05) is 6.07 Å². The van der Waals surface area contributed by atoms with Gasteiger partial charge in [-0.25, -0.2) is 4.98 Å². The van der Waals surface area contributed by atoms with Crippen LogP contribution in [0.1, 0.15) is 31.4 Å². The third-order valence-electron chi connectivity index (χ3n) is 4.15. The molecule has 1 aromatic heterocycles. The number of aromatic nitrogens is 1. The first-order valence-electron chi connectivity index (χ1n) is 7.31. The minimum absolute atomic E-state index is 0.157. The molecular formula is C15H21N3O2. The first-order valence-corrected chi connectivity index (χ1v) is 7.31. The fourth-order valence-corrected chi connectivity index (χ4v) is 3.06. The zero-order chi connectivity index (χ0) is 13.9. The second kappa shape index (κ2) is 5.79. The van der Waals surface area contributed by atoms with Gasteiger partial charge in [0.05, 0.1) is 19.3 Å². The van der Waals surface area contributed by atoms with E-state index >= 15 is 0 Å². The molecule has 0 unspecified atom stereocenters. The first-order chi connectivity index (χ1) is 9.75. The topological polar surface area (TPSA) is 45.7 Å². The lowest BCUT2D eigenvalue weighted by atomic mass is 10.1. The summed E-state index contributed by atoms with van der Waals surface area (Å²) < 4.78 is 5.35. The van der Waals surface area contributed by atoms with Gasteiger partial charge in [0.1, 0.15) is 5.82 Å². The lowest BCUT2D eigenvalue weighted by Crippen LogP contribution is -2.36. The van der Waals surface area contributed by atoms with Crippen molar-refractivity contribution in [3.63, 3.8) is 0 Å². The van der Waals surface area contributed by atoms with Crippen LogP contribution in [0.25, 0.3) is 0 Å². The van der Waals surface area contributed by atoms with Crippen molar-refractivity contribution in [1.82, 2.24) is 9.88 Å². The Morgan fingerprint density at radius 2 is 2.10 bits per heavy atom. The molecule has 1 aromatic rings. The van der Waals surface area contributed by atoms with Crippen LogP contribution in [0.3, 0.4) is 0 Å². The predicted molar refractivity (Wildman–Crippen MR) is 76.6 cm³/mol. The van der Waals surface area contributed by atoms with Crippen LogP contribution in [-0.4, -0.2) is 48.6 Å². The fourth-order valence-electron chi connectivity index (χ4n) is 3.06. The predicted octanol–water partition coefficient (Wildman–Crippen LogP) is 1.60. The van der Waals surface area contributed by atoms with Crippen LogP contribution in [0.2, 0.25) is 0 Å². The summed E-state index contributed by atoms with van der Waals surface area (Å²) in [5.41, 5.74) is 1.15. The molecule has 108 valence electrons. The molecule has 20 heavy (non-hydrogen) atoms. The van der Waals surface area contributed by atoms with Crippen LogP contribution in [0.5, 0.6) is 0 Å². The number of carbonyl (C=O) groups is 1. The molecule has 1 amide bonds. The Hall–Kier alpha value is -1.62. The largest absolute Gasteiger partial charge is 0.378 e. The van der Waals surface area contributed by atoms with Crippen molar-refractivity contribution in [3.8, 4) is 0 Å². The van der Waals surface area contributed by atoms with Crippen molar-refractivity contribution < 1.29 is 9.53 Å². The Kier molecular flexibility index (Phi) is 3.87. The van der Waals surface area contributed by atoms with Crippen LogP contribution in [0, 0.1) is 0 Å². The van der Waals surface area contributed by atoms with E-state index in [0.29, 0.717) is 0 Å². The maximum absolute atomic E-state index is 11.6. The summed E-state index contributed by atoms with van der Waals surface area (Å²) in [6.45, 7) is 5.85. The summed E-state index contributed by atoms with van der Waals surface area (Å²) in [6.07, 6.45) is 4.05. The highest BCUT2D eigenvalue weighted by atomic mass is 16.5. The number of hydrogen-bond acceptors (Lipinski definition) is 4. The van der Waals surface area contributed by atoms with Crippen LogP contribution < -0.4 is 4.90 Å². The summed E-state index contributed by atoms with van der Waals surface area (Å²) in [5.74, 6) is 1.16. The van der Waals surface area contributed by atoms with Crippen LogP contribution in [0.15, 0.2) is 18.3 Å². The van der Waals surface area contributed by atoms with Crippen LogP contribution >= 0.6 is 0 Å². The van der Waals surface area contributed by atoms with Gasteiger partial charge in [-0.3, -0.25) is 4.79 Å². The number of morpholine rings is 1. The molecule has 2 aliphatic heterocycles. The van der Waals surface area contributed by atoms with Gasteiger partial charge < -0.3 is 14.5 Å². The molecule has 5 nitrogen and oxygen atoms in total. The number of anilines is 1. The molecule has 3 rings (SSSR count). The van der Waals surface area contributed by atoms with Gasteiger partial charge in [0.25, 0.3) is 0 Å². The minimum atomic E-state index is 0.157. The number of likely N-dealkylation sites (tertiary alicyclic amines) is 1. The number of hydrogen-bond donors (Lipinski definition) is 0. The summed E-state index contributed by atoms with van der Waals surface area (Å²) >= 11 is 0. The van der Waals surface area contributed by atoms with E-state index in [9.17, 15) is 4.79 Å². The lowest BCUT2D eigenvalue weighted by molar-refractivity contribution is -0.129. The summed E-state index contributed by atoms with van der Waals surface area (Å²) in [6, 6.07) is 4.39. The Morgan fingerprint density at radius 1 is 1.30 bits per heavy atom. The fraction of sp³-hybridized carbons (Fsp3) is 0.600. The van der Waals surface area contributed by atoms with Gasteiger partial charge in [-0.05, 0) is 24.5 Å². The van der Waals surface area contributed by atoms with E-state index in [2.05, 4.69) is 22.0 Å². The van der Waals surface area contributed by atoms with Crippen LogP contribution in [0.4, 0.5) is 5.82 Å². The second-order valence-corrected chi connectivity index (χ2v) is 5.42. The highest BCUT2D eigenvalue weighted by Crippen LogP contribution is 2.32. The Labute approximate surface area is 119 Å². The Bertz CT molecular complexity index is 469. The van der Waals surface area contributed by atoms with Crippen molar-refractivity contribution in [2.45, 2.75) is 25.8 Å². The number of nitrogens with zero attached hydrogens (tertiary/aromatic N) is 3. The monoisotopic (exact) mass is 275 g/mol. The maximum Gasteiger partial charge on any atom is 0.219 e. The number of ether oxygens (including phenoxy) is 1. The Morgan fingerprint density at radius 3 is 2.75 bits per heavy atom. The SMILES string of the molecule is CC(=O)N1CCC[C@@H]1c1ccc(N2CCOCC2)nc1. The third-order valence-corrected chi connectivity index (χ3v) is 4.15. The van der Waals surface area contributed by atoms with Gasteiger partial charge in [0.2, 0.25) is 5.91 Å². The quantitative estimate of drug-likeness (QED) is 0.822. The van der Waals surface area contributed by atoms with E-state index in [1.54, 1.807) is 6.92 Å². The lowest BCUT2D eigenvalue weighted by Gasteiger charge is -2.28. The maximum atomic E-state index is 11.6. The molecule has 0 aliphatic carbocycles. The van der Waals surface area contributed by atoms with E-state index in [1.165, 1.54) is 0 Å². The average Bonchev–Trinajstić information content (AvgIpc) is 2.98. The summed E-state index contributed by atoms with van der Waals surface area (Å²) in [7, 11) is 0. The molecule has 2 aliphatic rings. The molecule has 0 spiro atoms. The molecule has 0 aromatic carbocycles. The molecular weight excluding hydrogens is 254 g/mol. The van der Waals surface area contributed by atoms with E-state index in [4.69, 9.17) is 4.74 Å². The molecule has 2 fully saturated rings. The molecule has 5 heteroatoms. The normalized spacial score (nSPS) is 23.1. The molecule has 0 radical (unpaired) electrons. The Balaban J connectivity index is 1.73. The van der Waals surface area contributed by atoms with Crippen molar-refractivity contribution in [2.24, 2.45) is 0 Å². The van der Waals surface area contributed by atoms with Crippen molar-refractivity contribution in [3.05, 3.63) is 23.9 Å². The van der Waals surface area contributed by atoms with Gasteiger partial charge in [0, 0.05) is 32.8 Å². The number of amides is 1. The van der Waals surface area contributed by atoms with Gasteiger partial charge >= 0.3 is 0 Å². The van der Waals surface area contributed by atoms with Crippen molar-refractivity contribution in [1.29, 1.82) is 0 Å². The van der Waals surface area contributed by atoms with Gasteiger partial charge in [-0.2, -0.15) is 0 Å². The van der Waals surface area contributed by atoms with E-state index in [0.717, 1.165) is 57.1 Å². The van der Waals surface area contributed by atoms with E-state index < -0.39 is 0 Å². The highest BCUT2D eigenvalue weighted by Gasteiger charge is 2.28. The molecule has 1 atom stereocenters. The summed E-state index contributed by atoms with van der Waals surface area (Å²) in [5, 5.41) is 0. The van der Waals surface area contributed by atoms with Crippen molar-refractivity contribution >= 4 is 11.7 Å². The molecule has 0 saturated carbocycles. The average molecular weight is 275 g/mol. The number of rotatable bonds is 2. The van der Waals surface area contributed by atoms with Gasteiger partial charge in [0.15, 0.2) is 0 Å². The smallest absolute Gasteiger partial charge is 0.219 e. The van der Waals surface area contributed by atoms with E-state index in [1.807, 2.05) is 11.1 Å². The standard InChI is InChI=1S/C15H21N3O2/c1-12(19)18-6-2-3-14(18)13-4-5-15(16-11-13)17-7-9-20-10-8-17/h4-5,11,14H,2-3,6-10H2,1H3/t14-/m1/s1. The zero-order valence-corrected chi connectivity index (χ0v) is 11.9. The zero-order valence-electron chi connectivity index (χ0n) is 11.9. The highest BCUT2D eigenvalue weighted by molar-refractivity contribution is 5.74. The summed E-state index contributed by atoms with van der Waals surface area (Å²) in [4.78, 5) is 20.4. The third kappa shape index (κ3) is 2.63.